The lowest BCUT2D eigenvalue weighted by atomic mass is 9.80. The summed E-state index contributed by atoms with van der Waals surface area (Å²) in [5.74, 6) is -1.01. The van der Waals surface area contributed by atoms with Gasteiger partial charge in [-0.05, 0) is 43.3 Å². The monoisotopic (exact) mass is 355 g/mol. The highest BCUT2D eigenvalue weighted by Gasteiger charge is 2.33. The molecule has 1 aromatic carbocycles. The number of aliphatic carboxylic acids is 1. The maximum atomic E-state index is 11.4. The fraction of sp³-hybridized carbons (Fsp3) is 0.381. The second-order valence-electron chi connectivity index (χ2n) is 7.00. The van der Waals surface area contributed by atoms with Crippen LogP contribution < -0.4 is 0 Å². The van der Waals surface area contributed by atoms with Crippen LogP contribution in [0.5, 0.6) is 0 Å². The van der Waals surface area contributed by atoms with Crippen LogP contribution in [-0.4, -0.2) is 47.8 Å². The lowest BCUT2D eigenvalue weighted by Gasteiger charge is -2.27. The number of carboxylic acid groups (broad SMARTS) is 1. The summed E-state index contributed by atoms with van der Waals surface area (Å²) in [6.45, 7) is 1.35. The van der Waals surface area contributed by atoms with Gasteiger partial charge in [0.25, 0.3) is 0 Å². The summed E-state index contributed by atoms with van der Waals surface area (Å²) in [7, 11) is 4.00. The molecule has 0 bridgehead atoms. The van der Waals surface area contributed by atoms with Gasteiger partial charge in [0, 0.05) is 24.5 Å². The van der Waals surface area contributed by atoms with Crippen molar-refractivity contribution in [2.45, 2.75) is 25.6 Å². The van der Waals surface area contributed by atoms with Crippen molar-refractivity contribution in [3.63, 3.8) is 0 Å². The summed E-state index contributed by atoms with van der Waals surface area (Å²) in [5.41, 5.74) is 4.14. The SMILES string of the molecule is CN(C)CC/C=C1\C2=C(C=CC1C(O)C(=O)O)OCc1ccccc1C2. The molecule has 1 aromatic rings. The van der Waals surface area contributed by atoms with Crippen molar-refractivity contribution in [1.29, 1.82) is 0 Å². The molecular formula is C21H25NO4. The summed E-state index contributed by atoms with van der Waals surface area (Å²) in [5, 5.41) is 19.5. The molecule has 0 aromatic heterocycles. The average molecular weight is 355 g/mol. The second-order valence-corrected chi connectivity index (χ2v) is 7.00. The van der Waals surface area contributed by atoms with Gasteiger partial charge >= 0.3 is 5.97 Å². The normalized spacial score (nSPS) is 21.8. The maximum absolute atomic E-state index is 11.4. The highest BCUT2D eigenvalue weighted by atomic mass is 16.5. The molecule has 0 radical (unpaired) electrons. The molecule has 1 aliphatic heterocycles. The summed E-state index contributed by atoms with van der Waals surface area (Å²) in [6, 6.07) is 8.12. The molecule has 5 heteroatoms. The van der Waals surface area contributed by atoms with E-state index in [1.807, 2.05) is 32.3 Å². The average Bonchev–Trinajstić information content (AvgIpc) is 2.80. The highest BCUT2D eigenvalue weighted by molar-refractivity contribution is 5.74. The van der Waals surface area contributed by atoms with Gasteiger partial charge in [0.1, 0.15) is 12.4 Å². The van der Waals surface area contributed by atoms with Crippen molar-refractivity contribution in [3.8, 4) is 0 Å². The predicted molar refractivity (Wildman–Crippen MR) is 99.5 cm³/mol. The third-order valence-electron chi connectivity index (χ3n) is 4.86. The first-order valence-electron chi connectivity index (χ1n) is 8.84. The second kappa shape index (κ2) is 7.89. The number of carboxylic acids is 1. The van der Waals surface area contributed by atoms with Crippen molar-refractivity contribution in [3.05, 3.63) is 70.5 Å². The maximum Gasteiger partial charge on any atom is 0.333 e. The van der Waals surface area contributed by atoms with E-state index in [1.165, 1.54) is 5.56 Å². The van der Waals surface area contributed by atoms with Gasteiger partial charge in [0.05, 0.1) is 0 Å². The van der Waals surface area contributed by atoms with Crippen molar-refractivity contribution in [2.75, 3.05) is 20.6 Å². The Morgan fingerprint density at radius 2 is 2.08 bits per heavy atom. The minimum atomic E-state index is -1.47. The number of carbonyl (C=O) groups is 1. The molecule has 2 aliphatic rings. The minimum absolute atomic E-state index is 0.497. The van der Waals surface area contributed by atoms with E-state index >= 15 is 0 Å². The molecule has 0 amide bonds. The lowest BCUT2D eigenvalue weighted by Crippen LogP contribution is -2.31. The third-order valence-corrected chi connectivity index (χ3v) is 4.86. The van der Waals surface area contributed by atoms with Crippen LogP contribution in [0.4, 0.5) is 0 Å². The van der Waals surface area contributed by atoms with E-state index in [9.17, 15) is 15.0 Å². The van der Waals surface area contributed by atoms with E-state index in [2.05, 4.69) is 17.0 Å². The van der Waals surface area contributed by atoms with Gasteiger partial charge in [0.15, 0.2) is 6.10 Å². The Morgan fingerprint density at radius 3 is 2.77 bits per heavy atom. The number of benzene rings is 1. The lowest BCUT2D eigenvalue weighted by molar-refractivity contribution is -0.147. The van der Waals surface area contributed by atoms with E-state index in [0.29, 0.717) is 13.0 Å². The fourth-order valence-corrected chi connectivity index (χ4v) is 3.45. The predicted octanol–water partition coefficient (Wildman–Crippen LogP) is 2.52. The van der Waals surface area contributed by atoms with Gasteiger partial charge in [-0.25, -0.2) is 4.79 Å². The van der Waals surface area contributed by atoms with Crippen LogP contribution in [0.1, 0.15) is 17.5 Å². The van der Waals surface area contributed by atoms with Crippen LogP contribution in [0.3, 0.4) is 0 Å². The van der Waals surface area contributed by atoms with Gasteiger partial charge in [-0.1, -0.05) is 36.4 Å². The largest absolute Gasteiger partial charge is 0.489 e. The van der Waals surface area contributed by atoms with Crippen LogP contribution >= 0.6 is 0 Å². The molecule has 1 aliphatic carbocycles. The van der Waals surface area contributed by atoms with Gasteiger partial charge in [0.2, 0.25) is 0 Å². The van der Waals surface area contributed by atoms with Gasteiger partial charge in [-0.15, -0.1) is 0 Å². The molecule has 1 heterocycles. The number of aliphatic hydroxyl groups is 1. The first-order valence-corrected chi connectivity index (χ1v) is 8.84. The zero-order valence-corrected chi connectivity index (χ0v) is 15.2. The molecule has 26 heavy (non-hydrogen) atoms. The van der Waals surface area contributed by atoms with Crippen LogP contribution in [0.25, 0.3) is 0 Å². The first kappa shape index (κ1) is 18.4. The number of fused-ring (bicyclic) bond motifs is 1. The van der Waals surface area contributed by atoms with E-state index in [-0.39, 0.29) is 0 Å². The van der Waals surface area contributed by atoms with Crippen LogP contribution in [0.2, 0.25) is 0 Å². The quantitative estimate of drug-likeness (QED) is 0.849. The molecule has 2 atom stereocenters. The van der Waals surface area contributed by atoms with Gasteiger partial charge in [-0.3, -0.25) is 0 Å². The Morgan fingerprint density at radius 1 is 1.35 bits per heavy atom. The van der Waals surface area contributed by atoms with Crippen LogP contribution in [0.15, 0.2) is 59.4 Å². The summed E-state index contributed by atoms with van der Waals surface area (Å²) in [6.07, 6.45) is 5.58. The number of ether oxygens (including phenoxy) is 1. The standard InChI is InChI=1S/C21H25NO4/c1-22(2)11-5-8-16-17(20(23)21(24)25)9-10-19-18(16)12-14-6-3-4-7-15(14)13-26-19/h3-4,6-10,17,20,23H,5,11-13H2,1-2H3,(H,24,25)/b16-8-. The van der Waals surface area contributed by atoms with Crippen molar-refractivity contribution in [2.24, 2.45) is 5.92 Å². The zero-order chi connectivity index (χ0) is 18.7. The highest BCUT2D eigenvalue weighted by Crippen LogP contribution is 2.37. The Bertz CT molecular complexity index is 776. The smallest absolute Gasteiger partial charge is 0.333 e. The Hall–Kier alpha value is -2.37. The van der Waals surface area contributed by atoms with Crippen molar-refractivity contribution >= 4 is 5.97 Å². The number of aliphatic hydroxyl groups excluding tert-OH is 1. The van der Waals surface area contributed by atoms with E-state index < -0.39 is 18.0 Å². The number of rotatable bonds is 5. The number of allylic oxidation sites excluding steroid dienone is 2. The molecule has 0 spiro atoms. The molecule has 0 saturated carbocycles. The first-order chi connectivity index (χ1) is 12.5. The van der Waals surface area contributed by atoms with Gasteiger partial charge < -0.3 is 19.8 Å². The van der Waals surface area contributed by atoms with Crippen LogP contribution in [0, 0.1) is 5.92 Å². The van der Waals surface area contributed by atoms with E-state index in [4.69, 9.17) is 4.74 Å². The minimum Gasteiger partial charge on any atom is -0.489 e. The summed E-state index contributed by atoms with van der Waals surface area (Å²) < 4.78 is 5.99. The Labute approximate surface area is 153 Å². The molecule has 0 saturated heterocycles. The fourth-order valence-electron chi connectivity index (χ4n) is 3.45. The number of nitrogens with zero attached hydrogens (tertiary/aromatic N) is 1. The Balaban J connectivity index is 1.98. The Kier molecular flexibility index (Phi) is 5.59. The molecule has 2 N–H and O–H groups in total. The zero-order valence-electron chi connectivity index (χ0n) is 15.2. The molecule has 0 fully saturated rings. The summed E-state index contributed by atoms with van der Waals surface area (Å²) >= 11 is 0. The third kappa shape index (κ3) is 3.89. The van der Waals surface area contributed by atoms with Crippen LogP contribution in [-0.2, 0) is 22.6 Å². The number of hydrogen-bond donors (Lipinski definition) is 2. The molecule has 3 rings (SSSR count). The number of hydrogen-bond acceptors (Lipinski definition) is 4. The van der Waals surface area contributed by atoms with E-state index in [1.54, 1.807) is 12.2 Å². The molecular weight excluding hydrogens is 330 g/mol. The van der Waals surface area contributed by atoms with Crippen molar-refractivity contribution in [1.82, 2.24) is 4.90 Å². The molecule has 5 nitrogen and oxygen atoms in total. The molecule has 2 unspecified atom stereocenters. The van der Waals surface area contributed by atoms with E-state index in [0.717, 1.165) is 35.4 Å². The molecule has 138 valence electrons. The van der Waals surface area contributed by atoms with Gasteiger partial charge in [-0.2, -0.15) is 0 Å². The summed E-state index contributed by atoms with van der Waals surface area (Å²) in [4.78, 5) is 13.5. The van der Waals surface area contributed by atoms with Crippen molar-refractivity contribution < 1.29 is 19.7 Å². The topological polar surface area (TPSA) is 70.0 Å².